The molecule has 2 aromatic rings. The van der Waals surface area contributed by atoms with Crippen LogP contribution in [0.4, 0.5) is 0 Å². The molecule has 0 amide bonds. The number of esters is 1. The Bertz CT molecular complexity index is 782. The van der Waals surface area contributed by atoms with Crippen LogP contribution >= 0.6 is 0 Å². The van der Waals surface area contributed by atoms with Crippen LogP contribution in [-0.4, -0.2) is 33.9 Å². The maximum Gasteiger partial charge on any atom is 0.308 e. The Morgan fingerprint density at radius 3 is 2.18 bits per heavy atom. The third-order valence-corrected chi connectivity index (χ3v) is 3.29. The van der Waals surface area contributed by atoms with Crippen molar-refractivity contribution in [1.82, 2.24) is 0 Å². The number of hydrogen-bond acceptors (Lipinski definition) is 6. The van der Waals surface area contributed by atoms with Gasteiger partial charge >= 0.3 is 5.97 Å². The van der Waals surface area contributed by atoms with Crippen molar-refractivity contribution in [3.63, 3.8) is 0 Å². The van der Waals surface area contributed by atoms with Gasteiger partial charge in [0.15, 0.2) is 0 Å². The Labute approximate surface area is 128 Å². The zero-order valence-electron chi connectivity index (χ0n) is 12.2. The van der Waals surface area contributed by atoms with Gasteiger partial charge in [0.25, 0.3) is 10.1 Å². The lowest BCUT2D eigenvalue weighted by Gasteiger charge is -2.08. The highest BCUT2D eigenvalue weighted by atomic mass is 32.2. The largest absolute Gasteiger partial charge is 0.491 e. The topological polar surface area (TPSA) is 78.9 Å². The molecule has 7 heteroatoms. The molecule has 2 aromatic carbocycles. The molecule has 0 unspecified atom stereocenters. The van der Waals surface area contributed by atoms with E-state index < -0.39 is 10.1 Å². The van der Waals surface area contributed by atoms with Crippen LogP contribution in [0.25, 0.3) is 10.8 Å². The second kappa shape index (κ2) is 6.76. The van der Waals surface area contributed by atoms with Gasteiger partial charge in [-0.2, -0.15) is 8.42 Å². The van der Waals surface area contributed by atoms with E-state index in [-0.39, 0.29) is 19.2 Å². The fraction of sp³-hybridized carbons (Fsp3) is 0.267. The fourth-order valence-electron chi connectivity index (χ4n) is 1.87. The van der Waals surface area contributed by atoms with Gasteiger partial charge in [0.05, 0.1) is 6.26 Å². The monoisotopic (exact) mass is 324 g/mol. The van der Waals surface area contributed by atoms with E-state index in [4.69, 9.17) is 9.47 Å². The predicted molar refractivity (Wildman–Crippen MR) is 81.5 cm³/mol. The normalized spacial score (nSPS) is 11.4. The molecule has 0 aliphatic carbocycles. The molecule has 0 radical (unpaired) electrons. The summed E-state index contributed by atoms with van der Waals surface area (Å²) in [5.41, 5.74) is 0. The third-order valence-electron chi connectivity index (χ3n) is 2.69. The van der Waals surface area contributed by atoms with Crippen LogP contribution in [0, 0.1) is 0 Å². The first-order valence-corrected chi connectivity index (χ1v) is 8.34. The zero-order chi connectivity index (χ0) is 16.2. The number of carbonyl (C=O) groups is 1. The van der Waals surface area contributed by atoms with Gasteiger partial charge in [0.2, 0.25) is 0 Å². The minimum absolute atomic E-state index is 0.0394. The molecule has 6 nitrogen and oxygen atoms in total. The Morgan fingerprint density at radius 1 is 1.00 bits per heavy atom. The highest BCUT2D eigenvalue weighted by Crippen LogP contribution is 2.25. The Hall–Kier alpha value is -2.12. The van der Waals surface area contributed by atoms with Crippen molar-refractivity contribution in [2.45, 2.75) is 6.92 Å². The average Bonchev–Trinajstić information content (AvgIpc) is 2.42. The molecule has 0 bridgehead atoms. The van der Waals surface area contributed by atoms with Gasteiger partial charge < -0.3 is 9.47 Å². The number of carbonyl (C=O) groups excluding carboxylic acids is 1. The van der Waals surface area contributed by atoms with E-state index in [0.29, 0.717) is 11.5 Å². The van der Waals surface area contributed by atoms with E-state index in [2.05, 4.69) is 4.18 Å². The van der Waals surface area contributed by atoms with Gasteiger partial charge in [0, 0.05) is 6.92 Å². The van der Waals surface area contributed by atoms with Gasteiger partial charge in [-0.15, -0.1) is 0 Å². The minimum Gasteiger partial charge on any atom is -0.491 e. The second-order valence-electron chi connectivity index (χ2n) is 4.64. The van der Waals surface area contributed by atoms with Gasteiger partial charge in [-0.1, -0.05) is 12.1 Å². The van der Waals surface area contributed by atoms with Crippen molar-refractivity contribution in [3.8, 4) is 11.5 Å². The van der Waals surface area contributed by atoms with Crippen molar-refractivity contribution in [2.24, 2.45) is 0 Å². The quantitative estimate of drug-likeness (QED) is 0.350. The number of ether oxygens (including phenoxy) is 2. The fourth-order valence-corrected chi connectivity index (χ4v) is 2.24. The molecule has 118 valence electrons. The SMILES string of the molecule is CC(=O)Oc1ccc2cc(OCCOS(C)(=O)=O)ccc2c1. The Kier molecular flexibility index (Phi) is 4.99. The van der Waals surface area contributed by atoms with E-state index in [9.17, 15) is 13.2 Å². The first-order chi connectivity index (χ1) is 10.3. The predicted octanol–water partition coefficient (Wildman–Crippen LogP) is 2.12. The lowest BCUT2D eigenvalue weighted by molar-refractivity contribution is -0.131. The summed E-state index contributed by atoms with van der Waals surface area (Å²) in [7, 11) is -3.45. The summed E-state index contributed by atoms with van der Waals surface area (Å²) in [6.45, 7) is 1.44. The highest BCUT2D eigenvalue weighted by Gasteiger charge is 2.04. The van der Waals surface area contributed by atoms with Gasteiger partial charge in [0.1, 0.15) is 24.7 Å². The van der Waals surface area contributed by atoms with E-state index in [1.54, 1.807) is 18.2 Å². The molecular formula is C15H16O6S. The molecule has 0 spiro atoms. The molecule has 2 rings (SSSR count). The minimum atomic E-state index is -3.45. The second-order valence-corrected chi connectivity index (χ2v) is 6.28. The summed E-state index contributed by atoms with van der Waals surface area (Å²) < 4.78 is 36.7. The molecule has 0 atom stereocenters. The third kappa shape index (κ3) is 5.01. The molecular weight excluding hydrogens is 308 g/mol. The maximum absolute atomic E-state index is 10.9. The summed E-state index contributed by atoms with van der Waals surface area (Å²) in [6.07, 6.45) is 0.990. The number of hydrogen-bond donors (Lipinski definition) is 0. The van der Waals surface area contributed by atoms with Crippen molar-refractivity contribution in [1.29, 1.82) is 0 Å². The van der Waals surface area contributed by atoms with Crippen LogP contribution in [0.2, 0.25) is 0 Å². The molecule has 0 fully saturated rings. The summed E-state index contributed by atoms with van der Waals surface area (Å²) in [5, 5.41) is 1.82. The van der Waals surface area contributed by atoms with Crippen LogP contribution in [0.5, 0.6) is 11.5 Å². The van der Waals surface area contributed by atoms with Crippen LogP contribution in [0.15, 0.2) is 36.4 Å². The Balaban J connectivity index is 2.03. The van der Waals surface area contributed by atoms with Crippen LogP contribution in [0.3, 0.4) is 0 Å². The van der Waals surface area contributed by atoms with E-state index in [1.807, 2.05) is 18.2 Å². The standard InChI is InChI=1S/C15H16O6S/c1-11(16)21-15-6-4-12-9-14(5-3-13(12)10-15)19-7-8-20-22(2,17)18/h3-6,9-10H,7-8H2,1-2H3. The van der Waals surface area contributed by atoms with Gasteiger partial charge in [-0.25, -0.2) is 0 Å². The maximum atomic E-state index is 10.9. The van der Waals surface area contributed by atoms with Crippen molar-refractivity contribution >= 4 is 26.9 Å². The first-order valence-electron chi connectivity index (χ1n) is 6.53. The van der Waals surface area contributed by atoms with Crippen LogP contribution in [0.1, 0.15) is 6.92 Å². The molecule has 0 aliphatic heterocycles. The highest BCUT2D eigenvalue weighted by molar-refractivity contribution is 7.85. The number of benzene rings is 2. The first kappa shape index (κ1) is 16.3. The van der Waals surface area contributed by atoms with Crippen molar-refractivity contribution < 1.29 is 26.9 Å². The molecule has 22 heavy (non-hydrogen) atoms. The van der Waals surface area contributed by atoms with Crippen LogP contribution in [-0.2, 0) is 19.1 Å². The molecule has 0 N–H and O–H groups in total. The zero-order valence-corrected chi connectivity index (χ0v) is 13.1. The van der Waals surface area contributed by atoms with Crippen LogP contribution < -0.4 is 9.47 Å². The molecule has 0 saturated heterocycles. The lowest BCUT2D eigenvalue weighted by Crippen LogP contribution is -2.11. The van der Waals surface area contributed by atoms with Crippen molar-refractivity contribution in [3.05, 3.63) is 36.4 Å². The van der Waals surface area contributed by atoms with E-state index >= 15 is 0 Å². The lowest BCUT2D eigenvalue weighted by atomic mass is 10.1. The van der Waals surface area contributed by atoms with E-state index in [1.165, 1.54) is 6.92 Å². The van der Waals surface area contributed by atoms with Gasteiger partial charge in [-0.05, 0) is 35.0 Å². The van der Waals surface area contributed by atoms with Gasteiger partial charge in [-0.3, -0.25) is 8.98 Å². The summed E-state index contributed by atoms with van der Waals surface area (Å²) in [4.78, 5) is 10.9. The molecule has 0 aromatic heterocycles. The summed E-state index contributed by atoms with van der Waals surface area (Å²) >= 11 is 0. The molecule has 0 aliphatic rings. The van der Waals surface area contributed by atoms with Crippen molar-refractivity contribution in [2.75, 3.05) is 19.5 Å². The summed E-state index contributed by atoms with van der Waals surface area (Å²) in [6, 6.07) is 10.7. The van der Waals surface area contributed by atoms with E-state index in [0.717, 1.165) is 17.0 Å². The molecule has 0 saturated carbocycles. The Morgan fingerprint density at radius 2 is 1.59 bits per heavy atom. The molecule has 0 heterocycles. The number of fused-ring (bicyclic) bond motifs is 1. The smallest absolute Gasteiger partial charge is 0.308 e. The average molecular weight is 324 g/mol. The summed E-state index contributed by atoms with van der Waals surface area (Å²) in [5.74, 6) is 0.713. The number of rotatable bonds is 6.